The molecular formula is C11H12F4N4OS. The van der Waals surface area contributed by atoms with Gasteiger partial charge >= 0.3 is 12.3 Å². The maximum atomic E-state index is 12.8. The first kappa shape index (κ1) is 15.5. The van der Waals surface area contributed by atoms with Crippen molar-refractivity contribution in [1.29, 1.82) is 0 Å². The number of fused-ring (bicyclic) bond motifs is 1. The molecule has 2 aromatic rings. The third-order valence-electron chi connectivity index (χ3n) is 2.89. The molecule has 2 heterocycles. The van der Waals surface area contributed by atoms with Gasteiger partial charge in [0.25, 0.3) is 5.91 Å². The Morgan fingerprint density at radius 2 is 2.14 bits per heavy atom. The van der Waals surface area contributed by atoms with E-state index in [1.807, 2.05) is 0 Å². The number of hydrogen-bond acceptors (Lipinski definition) is 4. The maximum absolute atomic E-state index is 12.8. The van der Waals surface area contributed by atoms with Gasteiger partial charge in [-0.15, -0.1) is 11.3 Å². The number of thiophene rings is 1. The van der Waals surface area contributed by atoms with Crippen LogP contribution in [0, 0.1) is 6.92 Å². The highest BCUT2D eigenvalue weighted by molar-refractivity contribution is 7.21. The van der Waals surface area contributed by atoms with E-state index in [0.29, 0.717) is 15.9 Å². The topological polar surface area (TPSA) is 72.9 Å². The Kier molecular flexibility index (Phi) is 3.83. The van der Waals surface area contributed by atoms with Crippen molar-refractivity contribution in [3.05, 3.63) is 10.6 Å². The lowest BCUT2D eigenvalue weighted by Gasteiger charge is -2.15. The normalized spacial score (nSPS) is 12.3. The molecule has 3 N–H and O–H groups in total. The van der Waals surface area contributed by atoms with Gasteiger partial charge in [0.15, 0.2) is 0 Å². The van der Waals surface area contributed by atoms with Crippen molar-refractivity contribution in [3.63, 3.8) is 0 Å². The highest BCUT2D eigenvalue weighted by atomic mass is 32.1. The number of aryl methyl sites for hydroxylation is 2. The lowest BCUT2D eigenvalue weighted by Crippen LogP contribution is -2.41. The second kappa shape index (κ2) is 5.17. The quantitative estimate of drug-likeness (QED) is 0.847. The van der Waals surface area contributed by atoms with E-state index in [4.69, 9.17) is 5.73 Å². The molecule has 21 heavy (non-hydrogen) atoms. The molecule has 2 aromatic heterocycles. The Balaban J connectivity index is 2.25. The number of carbonyl (C=O) groups excluding carboxylic acids is 1. The van der Waals surface area contributed by atoms with Gasteiger partial charge in [-0.25, -0.2) is 8.78 Å². The van der Waals surface area contributed by atoms with Gasteiger partial charge in [-0.3, -0.25) is 9.48 Å². The molecule has 1 amide bonds. The number of alkyl halides is 4. The molecule has 2 rings (SSSR count). The third-order valence-corrected chi connectivity index (χ3v) is 4.16. The molecule has 0 fully saturated rings. The van der Waals surface area contributed by atoms with Crippen molar-refractivity contribution in [3.8, 4) is 0 Å². The van der Waals surface area contributed by atoms with Gasteiger partial charge in [0.05, 0.1) is 23.3 Å². The van der Waals surface area contributed by atoms with E-state index in [1.165, 1.54) is 4.68 Å². The molecule has 5 nitrogen and oxygen atoms in total. The second-order valence-electron chi connectivity index (χ2n) is 4.48. The van der Waals surface area contributed by atoms with Crippen LogP contribution in [0.5, 0.6) is 0 Å². The number of nitrogen functional groups attached to an aromatic ring is 1. The Bertz CT molecular complexity index is 694. The van der Waals surface area contributed by atoms with Crippen LogP contribution in [0.4, 0.5) is 23.2 Å². The van der Waals surface area contributed by atoms with E-state index in [1.54, 1.807) is 19.3 Å². The summed E-state index contributed by atoms with van der Waals surface area (Å²) in [5.74, 6) is -5.19. The van der Waals surface area contributed by atoms with Crippen LogP contribution in [0.2, 0.25) is 0 Å². The zero-order chi connectivity index (χ0) is 15.9. The molecule has 0 atom stereocenters. The summed E-state index contributed by atoms with van der Waals surface area (Å²) in [6.45, 7) is 0.243. The highest BCUT2D eigenvalue weighted by Gasteiger charge is 2.41. The number of nitrogens with two attached hydrogens (primary N) is 1. The fourth-order valence-corrected chi connectivity index (χ4v) is 2.96. The second-order valence-corrected chi connectivity index (χ2v) is 5.48. The van der Waals surface area contributed by atoms with Crippen molar-refractivity contribution in [2.45, 2.75) is 19.3 Å². The van der Waals surface area contributed by atoms with E-state index in [9.17, 15) is 22.4 Å². The summed E-state index contributed by atoms with van der Waals surface area (Å²) < 4.78 is 51.2. The van der Waals surface area contributed by atoms with E-state index < -0.39 is 24.8 Å². The van der Waals surface area contributed by atoms with E-state index >= 15 is 0 Å². The minimum absolute atomic E-state index is 0.00571. The van der Waals surface area contributed by atoms with Gasteiger partial charge in [0.1, 0.15) is 9.71 Å². The van der Waals surface area contributed by atoms with Crippen LogP contribution in [0.1, 0.15) is 15.4 Å². The molecule has 0 aliphatic heterocycles. The number of aromatic nitrogens is 2. The lowest BCUT2D eigenvalue weighted by molar-refractivity contribution is -0.123. The zero-order valence-electron chi connectivity index (χ0n) is 11.1. The summed E-state index contributed by atoms with van der Waals surface area (Å²) in [5, 5.41) is 6.46. The monoisotopic (exact) mass is 324 g/mol. The van der Waals surface area contributed by atoms with Gasteiger partial charge in [-0.1, -0.05) is 0 Å². The predicted octanol–water partition coefficient (Wildman–Crippen LogP) is 2.16. The Morgan fingerprint density at radius 1 is 1.52 bits per heavy atom. The lowest BCUT2D eigenvalue weighted by atomic mass is 10.2. The summed E-state index contributed by atoms with van der Waals surface area (Å²) in [7, 11) is 1.65. The standard InChI is InChI=1S/C11H12F4N4OS/c1-4-5-6(16)7(21-9(5)19(2)18-4)8(20)17-3-11(14,15)10(12)13/h10H,3,16H2,1-2H3,(H,17,20). The first-order valence-electron chi connectivity index (χ1n) is 5.81. The summed E-state index contributed by atoms with van der Waals surface area (Å²) in [5.41, 5.74) is 6.52. The molecule has 0 unspecified atom stereocenters. The van der Waals surface area contributed by atoms with Crippen LogP contribution >= 0.6 is 11.3 Å². The van der Waals surface area contributed by atoms with Gasteiger partial charge in [0, 0.05) is 7.05 Å². The molecule has 0 saturated carbocycles. The Morgan fingerprint density at radius 3 is 2.67 bits per heavy atom. The Labute approximate surface area is 120 Å². The smallest absolute Gasteiger partial charge is 0.324 e. The molecule has 116 valence electrons. The predicted molar refractivity (Wildman–Crippen MR) is 71.0 cm³/mol. The SMILES string of the molecule is Cc1nn(C)c2sc(C(=O)NCC(F)(F)C(F)F)c(N)c12. The molecule has 0 aliphatic carbocycles. The number of halogens is 4. The molecule has 10 heteroatoms. The van der Waals surface area contributed by atoms with Crippen molar-refractivity contribution in [2.24, 2.45) is 7.05 Å². The fourth-order valence-electron chi connectivity index (χ4n) is 1.85. The molecular weight excluding hydrogens is 312 g/mol. The highest BCUT2D eigenvalue weighted by Crippen LogP contribution is 2.35. The van der Waals surface area contributed by atoms with Crippen LogP contribution in [-0.4, -0.2) is 34.6 Å². The number of nitrogens with zero attached hydrogens (tertiary/aromatic N) is 2. The number of nitrogens with one attached hydrogen (secondary N) is 1. The van der Waals surface area contributed by atoms with Crippen LogP contribution in [0.25, 0.3) is 10.2 Å². The van der Waals surface area contributed by atoms with Crippen molar-refractivity contribution in [1.82, 2.24) is 15.1 Å². The number of rotatable bonds is 4. The van der Waals surface area contributed by atoms with Crippen LogP contribution in [-0.2, 0) is 7.05 Å². The van der Waals surface area contributed by atoms with Crippen LogP contribution < -0.4 is 11.1 Å². The van der Waals surface area contributed by atoms with E-state index in [2.05, 4.69) is 5.10 Å². The summed E-state index contributed by atoms with van der Waals surface area (Å²) in [6, 6.07) is 0. The average molecular weight is 324 g/mol. The first-order valence-corrected chi connectivity index (χ1v) is 6.62. The minimum atomic E-state index is -4.28. The number of carbonyl (C=O) groups is 1. The number of hydrogen-bond donors (Lipinski definition) is 2. The summed E-state index contributed by atoms with van der Waals surface area (Å²) in [6.07, 6.45) is -3.84. The minimum Gasteiger partial charge on any atom is -0.397 e. The first-order chi connectivity index (χ1) is 9.65. The zero-order valence-corrected chi connectivity index (χ0v) is 11.9. The molecule has 0 radical (unpaired) electrons. The van der Waals surface area contributed by atoms with Gasteiger partial charge in [-0.05, 0) is 6.92 Å². The molecule has 0 aromatic carbocycles. The van der Waals surface area contributed by atoms with E-state index in [-0.39, 0.29) is 10.6 Å². The molecule has 0 saturated heterocycles. The van der Waals surface area contributed by atoms with Crippen molar-refractivity contribution in [2.75, 3.05) is 12.3 Å². The van der Waals surface area contributed by atoms with Crippen molar-refractivity contribution >= 4 is 33.1 Å². The summed E-state index contributed by atoms with van der Waals surface area (Å²) in [4.78, 5) is 12.4. The van der Waals surface area contributed by atoms with Gasteiger partial charge in [-0.2, -0.15) is 13.9 Å². The fraction of sp³-hybridized carbons (Fsp3) is 0.455. The van der Waals surface area contributed by atoms with E-state index in [0.717, 1.165) is 11.3 Å². The average Bonchev–Trinajstić information content (AvgIpc) is 2.86. The van der Waals surface area contributed by atoms with Crippen LogP contribution in [0.3, 0.4) is 0 Å². The molecule has 0 aliphatic rings. The van der Waals surface area contributed by atoms with Crippen molar-refractivity contribution < 1.29 is 22.4 Å². The van der Waals surface area contributed by atoms with Gasteiger partial charge < -0.3 is 11.1 Å². The largest absolute Gasteiger partial charge is 0.397 e. The maximum Gasteiger partial charge on any atom is 0.324 e. The number of amides is 1. The molecule has 0 bridgehead atoms. The van der Waals surface area contributed by atoms with Gasteiger partial charge in [0.2, 0.25) is 0 Å². The number of anilines is 1. The van der Waals surface area contributed by atoms with Crippen LogP contribution in [0.15, 0.2) is 0 Å². The third kappa shape index (κ3) is 2.67. The Hall–Kier alpha value is -1.84. The molecule has 0 spiro atoms. The summed E-state index contributed by atoms with van der Waals surface area (Å²) >= 11 is 0.969.